The Labute approximate surface area is 114 Å². The van der Waals surface area contributed by atoms with Gasteiger partial charge in [-0.3, -0.25) is 0 Å². The van der Waals surface area contributed by atoms with Gasteiger partial charge < -0.3 is 5.11 Å². The summed E-state index contributed by atoms with van der Waals surface area (Å²) in [6.07, 6.45) is 1.48. The quantitative estimate of drug-likeness (QED) is 0.915. The normalized spacial score (nSPS) is 24.9. The molecule has 1 N–H and O–H groups in total. The lowest BCUT2D eigenvalue weighted by atomic mass is 9.99. The summed E-state index contributed by atoms with van der Waals surface area (Å²) < 4.78 is 23.6. The number of hydrogen-bond donors (Lipinski definition) is 1. The number of sulfone groups is 1. The van der Waals surface area contributed by atoms with Crippen LogP contribution < -0.4 is 0 Å². The molecule has 0 aromatic carbocycles. The lowest BCUT2D eigenvalue weighted by molar-refractivity contribution is 0.147. The van der Waals surface area contributed by atoms with Crippen LogP contribution in [0.15, 0.2) is 15.9 Å². The zero-order valence-electron chi connectivity index (χ0n) is 9.30. The third-order valence-electron chi connectivity index (χ3n) is 2.99. The van der Waals surface area contributed by atoms with E-state index in [4.69, 9.17) is 0 Å². The van der Waals surface area contributed by atoms with Gasteiger partial charge in [0.15, 0.2) is 9.84 Å². The van der Waals surface area contributed by atoms with Crippen LogP contribution >= 0.6 is 27.3 Å². The van der Waals surface area contributed by atoms with Gasteiger partial charge in [-0.1, -0.05) is 0 Å². The molecule has 0 amide bonds. The SMILES string of the molecule is O=S1(=O)CCC(CC(O)Cc2cc(Br)cs2)C1. The van der Waals surface area contributed by atoms with Crippen molar-refractivity contribution < 1.29 is 13.5 Å². The summed E-state index contributed by atoms with van der Waals surface area (Å²) in [6.45, 7) is 0. The Morgan fingerprint density at radius 1 is 1.59 bits per heavy atom. The third-order valence-corrected chi connectivity index (χ3v) is 6.55. The van der Waals surface area contributed by atoms with Gasteiger partial charge in [-0.15, -0.1) is 11.3 Å². The lowest BCUT2D eigenvalue weighted by Crippen LogP contribution is -2.16. The molecule has 2 unspecified atom stereocenters. The molecule has 3 nitrogen and oxygen atoms in total. The van der Waals surface area contributed by atoms with Crippen molar-refractivity contribution in [1.29, 1.82) is 0 Å². The molecule has 17 heavy (non-hydrogen) atoms. The van der Waals surface area contributed by atoms with Crippen LogP contribution in [0.4, 0.5) is 0 Å². The minimum atomic E-state index is -2.83. The summed E-state index contributed by atoms with van der Waals surface area (Å²) in [4.78, 5) is 1.13. The van der Waals surface area contributed by atoms with Gasteiger partial charge in [0.1, 0.15) is 0 Å². The molecule has 0 saturated carbocycles. The highest BCUT2D eigenvalue weighted by Gasteiger charge is 2.29. The molecule has 0 radical (unpaired) electrons. The zero-order valence-corrected chi connectivity index (χ0v) is 12.5. The second-order valence-electron chi connectivity index (χ2n) is 4.59. The molecule has 0 aliphatic carbocycles. The summed E-state index contributed by atoms with van der Waals surface area (Å²) in [5.74, 6) is 0.672. The van der Waals surface area contributed by atoms with Gasteiger partial charge >= 0.3 is 0 Å². The molecule has 1 saturated heterocycles. The average Bonchev–Trinajstić information content (AvgIpc) is 2.73. The Morgan fingerprint density at radius 2 is 2.35 bits per heavy atom. The van der Waals surface area contributed by atoms with E-state index in [1.165, 1.54) is 0 Å². The molecule has 1 aromatic heterocycles. The molecule has 0 spiro atoms. The van der Waals surface area contributed by atoms with E-state index in [2.05, 4.69) is 15.9 Å². The smallest absolute Gasteiger partial charge is 0.150 e. The number of aliphatic hydroxyl groups is 1. The highest BCUT2D eigenvalue weighted by molar-refractivity contribution is 9.10. The molecule has 0 bridgehead atoms. The van der Waals surface area contributed by atoms with E-state index in [-0.39, 0.29) is 17.4 Å². The van der Waals surface area contributed by atoms with E-state index in [1.807, 2.05) is 11.4 Å². The van der Waals surface area contributed by atoms with E-state index < -0.39 is 15.9 Å². The Morgan fingerprint density at radius 3 is 2.88 bits per heavy atom. The first-order valence-electron chi connectivity index (χ1n) is 5.56. The Hall–Kier alpha value is 0.0900. The molecule has 2 rings (SSSR count). The van der Waals surface area contributed by atoms with Crippen LogP contribution in [0.25, 0.3) is 0 Å². The predicted molar refractivity (Wildman–Crippen MR) is 73.1 cm³/mol. The van der Waals surface area contributed by atoms with Gasteiger partial charge in [-0.05, 0) is 40.8 Å². The fourth-order valence-electron chi connectivity index (χ4n) is 2.22. The van der Waals surface area contributed by atoms with Crippen molar-refractivity contribution in [2.24, 2.45) is 5.92 Å². The van der Waals surface area contributed by atoms with Crippen molar-refractivity contribution >= 4 is 37.1 Å². The van der Waals surface area contributed by atoms with Crippen LogP contribution in [0, 0.1) is 5.92 Å². The van der Waals surface area contributed by atoms with E-state index in [1.54, 1.807) is 11.3 Å². The minimum Gasteiger partial charge on any atom is -0.393 e. The Balaban J connectivity index is 1.84. The standard InChI is InChI=1S/C11H15BrO3S2/c12-9-4-11(16-6-9)5-10(13)3-8-1-2-17(14,15)7-8/h4,6,8,10,13H,1-3,5,7H2. The summed E-state index contributed by atoms with van der Waals surface area (Å²) in [5.41, 5.74) is 0. The molecule has 1 aliphatic rings. The van der Waals surface area contributed by atoms with Gasteiger partial charge in [-0.2, -0.15) is 0 Å². The highest BCUT2D eigenvalue weighted by atomic mass is 79.9. The minimum absolute atomic E-state index is 0.137. The van der Waals surface area contributed by atoms with Crippen LogP contribution in [0.2, 0.25) is 0 Å². The zero-order chi connectivity index (χ0) is 12.5. The van der Waals surface area contributed by atoms with Crippen molar-refractivity contribution in [3.8, 4) is 0 Å². The fraction of sp³-hybridized carbons (Fsp3) is 0.636. The Bertz CT molecular complexity index is 481. The number of rotatable bonds is 4. The van der Waals surface area contributed by atoms with Crippen molar-refractivity contribution in [1.82, 2.24) is 0 Å². The maximum Gasteiger partial charge on any atom is 0.150 e. The van der Waals surface area contributed by atoms with E-state index >= 15 is 0 Å². The number of halogens is 1. The Kier molecular flexibility index (Phi) is 4.28. The van der Waals surface area contributed by atoms with Crippen LogP contribution in [-0.4, -0.2) is 31.1 Å². The van der Waals surface area contributed by atoms with Gasteiger partial charge in [0, 0.05) is 21.2 Å². The predicted octanol–water partition coefficient (Wildman–Crippen LogP) is 2.24. The number of thiophene rings is 1. The van der Waals surface area contributed by atoms with Gasteiger partial charge in [0.25, 0.3) is 0 Å². The van der Waals surface area contributed by atoms with Crippen LogP contribution in [0.1, 0.15) is 17.7 Å². The maximum atomic E-state index is 11.3. The van der Waals surface area contributed by atoms with Crippen molar-refractivity contribution in [3.05, 3.63) is 20.8 Å². The molecule has 6 heteroatoms. The summed E-state index contributed by atoms with van der Waals surface area (Å²) in [7, 11) is -2.83. The van der Waals surface area contributed by atoms with Crippen LogP contribution in [0.3, 0.4) is 0 Å². The summed E-state index contributed by atoms with van der Waals surface area (Å²) >= 11 is 4.99. The van der Waals surface area contributed by atoms with Crippen molar-refractivity contribution in [2.45, 2.75) is 25.4 Å². The van der Waals surface area contributed by atoms with Crippen LogP contribution in [-0.2, 0) is 16.3 Å². The highest BCUT2D eigenvalue weighted by Crippen LogP contribution is 2.26. The fourth-order valence-corrected chi connectivity index (χ4v) is 5.62. The molecule has 2 atom stereocenters. The van der Waals surface area contributed by atoms with Crippen LogP contribution in [0.5, 0.6) is 0 Å². The monoisotopic (exact) mass is 338 g/mol. The number of hydrogen-bond acceptors (Lipinski definition) is 4. The van der Waals surface area contributed by atoms with E-state index in [0.717, 1.165) is 9.35 Å². The summed E-state index contributed by atoms with van der Waals surface area (Å²) in [5, 5.41) is 11.9. The third kappa shape index (κ3) is 4.05. The number of aliphatic hydroxyl groups excluding tert-OH is 1. The van der Waals surface area contributed by atoms with Crippen molar-refractivity contribution in [2.75, 3.05) is 11.5 Å². The second kappa shape index (κ2) is 5.38. The molecule has 1 aromatic rings. The lowest BCUT2D eigenvalue weighted by Gasteiger charge is -2.13. The van der Waals surface area contributed by atoms with Gasteiger partial charge in [0.05, 0.1) is 17.6 Å². The van der Waals surface area contributed by atoms with E-state index in [0.29, 0.717) is 19.3 Å². The largest absolute Gasteiger partial charge is 0.393 e. The molecule has 1 fully saturated rings. The topological polar surface area (TPSA) is 54.4 Å². The van der Waals surface area contributed by atoms with E-state index in [9.17, 15) is 13.5 Å². The summed E-state index contributed by atoms with van der Waals surface area (Å²) in [6, 6.07) is 2.00. The van der Waals surface area contributed by atoms with Gasteiger partial charge in [-0.25, -0.2) is 8.42 Å². The molecule has 2 heterocycles. The molecular formula is C11H15BrO3S2. The first-order valence-corrected chi connectivity index (χ1v) is 9.05. The molecule has 96 valence electrons. The van der Waals surface area contributed by atoms with Crippen molar-refractivity contribution in [3.63, 3.8) is 0 Å². The van der Waals surface area contributed by atoms with Gasteiger partial charge in [0.2, 0.25) is 0 Å². The molecular weight excluding hydrogens is 324 g/mol. The average molecular weight is 339 g/mol. The second-order valence-corrected chi connectivity index (χ2v) is 8.73. The first kappa shape index (κ1) is 13.5. The molecule has 1 aliphatic heterocycles. The first-order chi connectivity index (χ1) is 7.94. The maximum absolute atomic E-state index is 11.3.